The number of azo groups is 2. The predicted molar refractivity (Wildman–Crippen MR) is 164 cm³/mol. The van der Waals surface area contributed by atoms with Crippen molar-refractivity contribution in [3.05, 3.63) is 66.7 Å². The van der Waals surface area contributed by atoms with Crippen molar-refractivity contribution in [1.29, 1.82) is 0 Å². The first-order valence-electron chi connectivity index (χ1n) is 14.5. The molecule has 0 bridgehead atoms. The lowest BCUT2D eigenvalue weighted by atomic mass is 10.1. The minimum absolute atomic E-state index is 0.766. The van der Waals surface area contributed by atoms with Crippen LogP contribution in [-0.4, -0.2) is 42.4 Å². The molecule has 0 N–H and O–H groups in total. The number of imidazole rings is 2. The van der Waals surface area contributed by atoms with E-state index in [1.807, 2.05) is 83.4 Å². The SMILES string of the molecule is CCc1cc(N=Nc2n(C)cc[n+]2C)ccc1N1CCCN(c2ccc(N=Nc3n(C)cc[n+]3C)cc2OC)CCC1. The molecule has 4 aromatic rings. The summed E-state index contributed by atoms with van der Waals surface area (Å²) in [5.74, 6) is 2.41. The molecule has 1 saturated heterocycles. The smallest absolute Gasteiger partial charge is 0.421 e. The molecule has 0 aliphatic carbocycles. The van der Waals surface area contributed by atoms with Gasteiger partial charge in [-0.3, -0.25) is 0 Å². The number of benzene rings is 2. The van der Waals surface area contributed by atoms with Gasteiger partial charge in [-0.05, 0) is 55.2 Å². The molecule has 0 saturated carbocycles. The molecule has 0 spiro atoms. The maximum atomic E-state index is 5.80. The van der Waals surface area contributed by atoms with E-state index < -0.39 is 0 Å². The predicted octanol–water partition coefficient (Wildman–Crippen LogP) is 5.52. The zero-order chi connectivity index (χ0) is 29.6. The summed E-state index contributed by atoms with van der Waals surface area (Å²) in [5, 5.41) is 17.9. The van der Waals surface area contributed by atoms with Gasteiger partial charge in [0.25, 0.3) is 0 Å². The Morgan fingerprint density at radius 3 is 1.69 bits per heavy atom. The molecule has 42 heavy (non-hydrogen) atoms. The fourth-order valence-corrected chi connectivity index (χ4v) is 5.48. The molecular formula is C31H42N10O+2. The number of ether oxygens (including phenoxy) is 1. The second-order valence-corrected chi connectivity index (χ2v) is 10.7. The number of hydrogen-bond acceptors (Lipinski definition) is 7. The molecule has 1 aliphatic rings. The Kier molecular flexibility index (Phi) is 8.94. The second kappa shape index (κ2) is 13.0. The molecule has 0 unspecified atom stereocenters. The van der Waals surface area contributed by atoms with Gasteiger partial charge in [-0.1, -0.05) is 17.2 Å². The van der Waals surface area contributed by atoms with Gasteiger partial charge in [-0.2, -0.15) is 0 Å². The zero-order valence-corrected chi connectivity index (χ0v) is 25.6. The molecule has 1 aliphatic heterocycles. The summed E-state index contributed by atoms with van der Waals surface area (Å²) >= 11 is 0. The van der Waals surface area contributed by atoms with Crippen molar-refractivity contribution in [2.24, 2.45) is 48.6 Å². The monoisotopic (exact) mass is 570 g/mol. The van der Waals surface area contributed by atoms with Crippen LogP contribution in [0.4, 0.5) is 34.6 Å². The number of anilines is 2. The summed E-state index contributed by atoms with van der Waals surface area (Å²) in [6.07, 6.45) is 10.9. The molecule has 0 radical (unpaired) electrons. The van der Waals surface area contributed by atoms with E-state index in [1.165, 1.54) is 11.3 Å². The average molecular weight is 571 g/mol. The van der Waals surface area contributed by atoms with Gasteiger partial charge in [0, 0.05) is 48.2 Å². The van der Waals surface area contributed by atoms with Gasteiger partial charge in [-0.15, -0.1) is 0 Å². The summed E-state index contributed by atoms with van der Waals surface area (Å²) in [6, 6.07) is 12.6. The standard InChI is InChI=1S/C31H42N10O/c1-7-24-22-25(32-34-30-36(2)18-19-37(30)3)10-12-27(24)40-14-8-16-41(17-9-15-40)28-13-11-26(23-29(28)42-6)33-35-31-38(4)20-21-39(31)5/h10-13,18-23H,7-9,14-17H2,1-6H3/q+2. The van der Waals surface area contributed by atoms with E-state index in [-0.39, 0.29) is 0 Å². The van der Waals surface area contributed by atoms with E-state index in [2.05, 4.69) is 61.4 Å². The quantitative estimate of drug-likeness (QED) is 0.207. The first-order chi connectivity index (χ1) is 20.4. The minimum Gasteiger partial charge on any atom is -0.495 e. The fourth-order valence-electron chi connectivity index (χ4n) is 5.48. The topological polar surface area (TPSA) is 82.8 Å². The van der Waals surface area contributed by atoms with E-state index in [9.17, 15) is 0 Å². The Hall–Kier alpha value is -4.54. The molecule has 11 heteroatoms. The van der Waals surface area contributed by atoms with Crippen LogP contribution >= 0.6 is 0 Å². The molecule has 220 valence electrons. The van der Waals surface area contributed by atoms with Gasteiger partial charge in [0.05, 0.1) is 65.8 Å². The maximum Gasteiger partial charge on any atom is 0.421 e. The van der Waals surface area contributed by atoms with E-state index in [4.69, 9.17) is 4.74 Å². The molecule has 2 aromatic carbocycles. The Morgan fingerprint density at radius 2 is 1.21 bits per heavy atom. The molecule has 2 aromatic heterocycles. The van der Waals surface area contributed by atoms with Gasteiger partial charge < -0.3 is 14.5 Å². The van der Waals surface area contributed by atoms with E-state index in [1.54, 1.807) is 7.11 Å². The van der Waals surface area contributed by atoms with Gasteiger partial charge in [0.2, 0.25) is 0 Å². The maximum absolute atomic E-state index is 5.80. The normalized spacial score (nSPS) is 14.6. The van der Waals surface area contributed by atoms with Crippen molar-refractivity contribution >= 4 is 34.6 Å². The highest BCUT2D eigenvalue weighted by Crippen LogP contribution is 2.34. The van der Waals surface area contributed by atoms with E-state index in [0.29, 0.717) is 0 Å². The minimum atomic E-state index is 0.766. The summed E-state index contributed by atoms with van der Waals surface area (Å²) in [4.78, 5) is 4.96. The number of hydrogen-bond donors (Lipinski definition) is 0. The number of rotatable bonds is 8. The third-order valence-electron chi connectivity index (χ3n) is 7.80. The highest BCUT2D eigenvalue weighted by Gasteiger charge is 2.19. The van der Waals surface area contributed by atoms with Crippen molar-refractivity contribution in [2.45, 2.75) is 26.2 Å². The van der Waals surface area contributed by atoms with Gasteiger partial charge >= 0.3 is 11.9 Å². The van der Waals surface area contributed by atoms with Crippen LogP contribution in [-0.2, 0) is 34.6 Å². The highest BCUT2D eigenvalue weighted by atomic mass is 16.5. The van der Waals surface area contributed by atoms with E-state index >= 15 is 0 Å². The highest BCUT2D eigenvalue weighted by molar-refractivity contribution is 5.64. The lowest BCUT2D eigenvalue weighted by Crippen LogP contribution is -2.37. The molecule has 11 nitrogen and oxygen atoms in total. The molecule has 0 amide bonds. The van der Waals surface area contributed by atoms with Crippen LogP contribution in [0.15, 0.2) is 81.6 Å². The third kappa shape index (κ3) is 6.35. The Labute approximate surface area is 248 Å². The zero-order valence-electron chi connectivity index (χ0n) is 25.6. The lowest BCUT2D eigenvalue weighted by Gasteiger charge is -2.34. The summed E-state index contributed by atoms with van der Waals surface area (Å²) in [6.45, 7) is 6.10. The first kappa shape index (κ1) is 29.0. The summed E-state index contributed by atoms with van der Waals surface area (Å²) in [7, 11) is 9.58. The summed E-state index contributed by atoms with van der Waals surface area (Å²) < 4.78 is 13.6. The number of nitrogens with zero attached hydrogens (tertiary/aromatic N) is 10. The van der Waals surface area contributed by atoms with Crippen molar-refractivity contribution in [3.8, 4) is 5.75 Å². The fraction of sp³-hybridized carbons (Fsp3) is 0.419. The van der Waals surface area contributed by atoms with Crippen LogP contribution < -0.4 is 23.7 Å². The molecule has 3 heterocycles. The number of aromatic nitrogens is 4. The van der Waals surface area contributed by atoms with Gasteiger partial charge in [0.1, 0.15) is 17.1 Å². The van der Waals surface area contributed by atoms with Crippen LogP contribution in [0.25, 0.3) is 0 Å². The van der Waals surface area contributed by atoms with Crippen molar-refractivity contribution in [2.75, 3.05) is 43.1 Å². The Bertz CT molecular complexity index is 1420. The van der Waals surface area contributed by atoms with Crippen molar-refractivity contribution in [3.63, 3.8) is 0 Å². The number of methoxy groups -OCH3 is 1. The van der Waals surface area contributed by atoms with E-state index in [0.717, 1.165) is 80.1 Å². The van der Waals surface area contributed by atoms with Crippen LogP contribution in [0.1, 0.15) is 25.3 Å². The average Bonchev–Trinajstić information content (AvgIpc) is 3.48. The second-order valence-electron chi connectivity index (χ2n) is 10.7. The Morgan fingerprint density at radius 1 is 0.714 bits per heavy atom. The number of aryl methyl sites for hydroxylation is 5. The third-order valence-corrected chi connectivity index (χ3v) is 7.80. The largest absolute Gasteiger partial charge is 0.495 e. The molecular weight excluding hydrogens is 528 g/mol. The lowest BCUT2D eigenvalue weighted by molar-refractivity contribution is -0.657. The van der Waals surface area contributed by atoms with Gasteiger partial charge in [0.15, 0.2) is 0 Å². The van der Waals surface area contributed by atoms with Crippen molar-refractivity contribution in [1.82, 2.24) is 9.13 Å². The van der Waals surface area contributed by atoms with Crippen molar-refractivity contribution < 1.29 is 13.9 Å². The Balaban J connectivity index is 1.25. The van der Waals surface area contributed by atoms with Gasteiger partial charge in [-0.25, -0.2) is 18.3 Å². The van der Waals surface area contributed by atoms with Crippen LogP contribution in [0, 0.1) is 0 Å². The van der Waals surface area contributed by atoms with Crippen LogP contribution in [0.5, 0.6) is 5.75 Å². The van der Waals surface area contributed by atoms with Crippen LogP contribution in [0.3, 0.4) is 0 Å². The van der Waals surface area contributed by atoms with Crippen LogP contribution in [0.2, 0.25) is 0 Å². The molecule has 1 fully saturated rings. The first-order valence-corrected chi connectivity index (χ1v) is 14.5. The summed E-state index contributed by atoms with van der Waals surface area (Å²) in [5.41, 5.74) is 5.35. The molecule has 5 rings (SSSR count). The molecule has 0 atom stereocenters.